The summed E-state index contributed by atoms with van der Waals surface area (Å²) in [5.41, 5.74) is 3.55. The van der Waals surface area contributed by atoms with Gasteiger partial charge in [0, 0.05) is 12.1 Å². The molecule has 0 N–H and O–H groups in total. The van der Waals surface area contributed by atoms with Crippen LogP contribution in [0.1, 0.15) is 45.6 Å². The predicted molar refractivity (Wildman–Crippen MR) is 80.0 cm³/mol. The Hall–Kier alpha value is -1.90. The van der Waals surface area contributed by atoms with E-state index in [0.717, 1.165) is 30.4 Å². The summed E-state index contributed by atoms with van der Waals surface area (Å²) >= 11 is 0. The molecule has 0 radical (unpaired) electrons. The fourth-order valence-corrected chi connectivity index (χ4v) is 1.77. The normalized spacial score (nSPS) is 12.6. The first kappa shape index (κ1) is 15.2. The number of allylic oxidation sites excluding steroid dienone is 4. The number of non-ortho nitro benzene ring substituents is 1. The Morgan fingerprint density at radius 2 is 2.05 bits per heavy atom. The lowest BCUT2D eigenvalue weighted by Gasteiger charge is -2.06. The van der Waals surface area contributed by atoms with Crippen LogP contribution in [0.4, 0.5) is 5.69 Å². The second-order valence-corrected chi connectivity index (χ2v) is 4.62. The highest BCUT2D eigenvalue weighted by Gasteiger charge is 2.08. The number of nitro benzene ring substituents is 1. The number of nitrogens with zero attached hydrogens (tertiary/aromatic N) is 1. The largest absolute Gasteiger partial charge is 0.270 e. The maximum absolute atomic E-state index is 10.8. The van der Waals surface area contributed by atoms with Crippen LogP contribution in [-0.4, -0.2) is 4.92 Å². The average molecular weight is 259 g/mol. The summed E-state index contributed by atoms with van der Waals surface area (Å²) < 4.78 is 0. The Kier molecular flexibility index (Phi) is 6.00. The molecule has 0 unspecified atom stereocenters. The summed E-state index contributed by atoms with van der Waals surface area (Å²) in [6.07, 6.45) is 7.15. The van der Waals surface area contributed by atoms with E-state index in [4.69, 9.17) is 0 Å². The molecular weight excluding hydrogens is 238 g/mol. The Labute approximate surface area is 114 Å². The molecule has 0 aliphatic heterocycles. The highest BCUT2D eigenvalue weighted by Crippen LogP contribution is 2.24. The van der Waals surface area contributed by atoms with Gasteiger partial charge in [-0.2, -0.15) is 0 Å². The van der Waals surface area contributed by atoms with E-state index in [1.807, 2.05) is 6.07 Å². The number of hydrogen-bond donors (Lipinski definition) is 0. The zero-order chi connectivity index (χ0) is 14.3. The monoisotopic (exact) mass is 259 g/mol. The Bertz CT molecular complexity index is 501. The van der Waals surface area contributed by atoms with E-state index in [1.54, 1.807) is 12.1 Å². The van der Waals surface area contributed by atoms with Crippen molar-refractivity contribution in [2.45, 2.75) is 40.0 Å². The lowest BCUT2D eigenvalue weighted by molar-refractivity contribution is -0.384. The van der Waals surface area contributed by atoms with Gasteiger partial charge >= 0.3 is 0 Å². The third-order valence-electron chi connectivity index (χ3n) is 3.07. The van der Waals surface area contributed by atoms with Crippen LogP contribution in [0.15, 0.2) is 42.0 Å². The van der Waals surface area contributed by atoms with Gasteiger partial charge in [-0.25, -0.2) is 0 Å². The van der Waals surface area contributed by atoms with E-state index in [1.165, 1.54) is 11.6 Å². The molecule has 0 aromatic heterocycles. The van der Waals surface area contributed by atoms with E-state index in [2.05, 4.69) is 32.9 Å². The molecule has 0 saturated carbocycles. The van der Waals surface area contributed by atoms with Crippen LogP contribution in [0.3, 0.4) is 0 Å². The van der Waals surface area contributed by atoms with E-state index < -0.39 is 0 Å². The Morgan fingerprint density at radius 3 is 2.63 bits per heavy atom. The number of nitro groups is 1. The quantitative estimate of drug-likeness (QED) is 0.403. The molecule has 0 aliphatic rings. The minimum absolute atomic E-state index is 0.149. The fourth-order valence-electron chi connectivity index (χ4n) is 1.77. The first-order chi connectivity index (χ1) is 9.08. The number of benzene rings is 1. The first-order valence-electron chi connectivity index (χ1n) is 6.69. The van der Waals surface area contributed by atoms with Gasteiger partial charge in [-0.15, -0.1) is 0 Å². The van der Waals surface area contributed by atoms with Crippen LogP contribution in [0.5, 0.6) is 0 Å². The molecule has 0 amide bonds. The van der Waals surface area contributed by atoms with Crippen molar-refractivity contribution < 1.29 is 4.92 Å². The molecule has 0 saturated heterocycles. The minimum atomic E-state index is -0.347. The molecule has 1 aromatic carbocycles. The number of rotatable bonds is 6. The van der Waals surface area contributed by atoms with Gasteiger partial charge in [0.2, 0.25) is 0 Å². The SMILES string of the molecule is CCC/C(=C\C=C(/C)CC)c1cccc([N+](=O)[O-])c1. The molecule has 0 fully saturated rings. The zero-order valence-corrected chi connectivity index (χ0v) is 11.8. The fraction of sp³-hybridized carbons (Fsp3) is 0.375. The smallest absolute Gasteiger partial charge is 0.258 e. The van der Waals surface area contributed by atoms with E-state index in [9.17, 15) is 10.1 Å². The third kappa shape index (κ3) is 4.70. The van der Waals surface area contributed by atoms with Gasteiger partial charge in [0.25, 0.3) is 5.69 Å². The van der Waals surface area contributed by atoms with Gasteiger partial charge in [0.05, 0.1) is 4.92 Å². The van der Waals surface area contributed by atoms with Gasteiger partial charge in [-0.3, -0.25) is 10.1 Å². The van der Waals surface area contributed by atoms with Gasteiger partial charge in [-0.05, 0) is 30.9 Å². The maximum Gasteiger partial charge on any atom is 0.270 e. The molecule has 1 aromatic rings. The van der Waals surface area contributed by atoms with Crippen molar-refractivity contribution in [2.24, 2.45) is 0 Å². The molecule has 102 valence electrons. The lowest BCUT2D eigenvalue weighted by Crippen LogP contribution is -1.90. The third-order valence-corrected chi connectivity index (χ3v) is 3.07. The van der Waals surface area contributed by atoms with Gasteiger partial charge in [0.1, 0.15) is 0 Å². The van der Waals surface area contributed by atoms with Crippen molar-refractivity contribution in [3.05, 3.63) is 57.7 Å². The molecule has 0 heterocycles. The van der Waals surface area contributed by atoms with Crippen molar-refractivity contribution in [3.63, 3.8) is 0 Å². The van der Waals surface area contributed by atoms with Crippen LogP contribution < -0.4 is 0 Å². The summed E-state index contributed by atoms with van der Waals surface area (Å²) in [6.45, 7) is 6.32. The topological polar surface area (TPSA) is 43.1 Å². The molecule has 0 atom stereocenters. The van der Waals surface area contributed by atoms with E-state index in [-0.39, 0.29) is 10.6 Å². The predicted octanol–water partition coefficient (Wildman–Crippen LogP) is 5.13. The molecule has 3 heteroatoms. The molecule has 3 nitrogen and oxygen atoms in total. The number of hydrogen-bond acceptors (Lipinski definition) is 2. The van der Waals surface area contributed by atoms with Crippen LogP contribution in [0.25, 0.3) is 5.57 Å². The van der Waals surface area contributed by atoms with Gasteiger partial charge in [-0.1, -0.05) is 50.1 Å². The summed E-state index contributed by atoms with van der Waals surface area (Å²) in [5.74, 6) is 0. The van der Waals surface area contributed by atoms with Crippen molar-refractivity contribution in [1.29, 1.82) is 0 Å². The van der Waals surface area contributed by atoms with Crippen molar-refractivity contribution >= 4 is 11.3 Å². The van der Waals surface area contributed by atoms with Crippen LogP contribution in [0.2, 0.25) is 0 Å². The Balaban J connectivity index is 3.12. The van der Waals surface area contributed by atoms with Gasteiger partial charge < -0.3 is 0 Å². The van der Waals surface area contributed by atoms with Crippen molar-refractivity contribution in [2.75, 3.05) is 0 Å². The van der Waals surface area contributed by atoms with Crippen LogP contribution in [-0.2, 0) is 0 Å². The molecule has 0 bridgehead atoms. The maximum atomic E-state index is 10.8. The summed E-state index contributed by atoms with van der Waals surface area (Å²) in [4.78, 5) is 10.5. The summed E-state index contributed by atoms with van der Waals surface area (Å²) in [6, 6.07) is 6.85. The zero-order valence-electron chi connectivity index (χ0n) is 11.8. The molecule has 19 heavy (non-hydrogen) atoms. The van der Waals surface area contributed by atoms with E-state index >= 15 is 0 Å². The molecule has 0 spiro atoms. The van der Waals surface area contributed by atoms with Crippen LogP contribution >= 0.6 is 0 Å². The minimum Gasteiger partial charge on any atom is -0.258 e. The van der Waals surface area contributed by atoms with Crippen LogP contribution in [0, 0.1) is 10.1 Å². The van der Waals surface area contributed by atoms with Crippen molar-refractivity contribution in [1.82, 2.24) is 0 Å². The highest BCUT2D eigenvalue weighted by atomic mass is 16.6. The van der Waals surface area contributed by atoms with E-state index in [0.29, 0.717) is 0 Å². The van der Waals surface area contributed by atoms with Crippen molar-refractivity contribution in [3.8, 4) is 0 Å². The Morgan fingerprint density at radius 1 is 1.32 bits per heavy atom. The van der Waals surface area contributed by atoms with Gasteiger partial charge in [0.15, 0.2) is 0 Å². The molecular formula is C16H21NO2. The molecule has 1 rings (SSSR count). The summed E-state index contributed by atoms with van der Waals surface area (Å²) in [5, 5.41) is 10.8. The second kappa shape index (κ2) is 7.52. The summed E-state index contributed by atoms with van der Waals surface area (Å²) in [7, 11) is 0. The standard InChI is InChI=1S/C16H21NO2/c1-4-7-14(11-10-13(3)5-2)15-8-6-9-16(12-15)17(18)19/h6,8-12H,4-5,7H2,1-3H3/b13-10+,14-11+. The highest BCUT2D eigenvalue weighted by molar-refractivity contribution is 5.68. The first-order valence-corrected chi connectivity index (χ1v) is 6.69. The lowest BCUT2D eigenvalue weighted by atomic mass is 10.00. The molecule has 0 aliphatic carbocycles. The average Bonchev–Trinajstić information content (AvgIpc) is 2.43. The second-order valence-electron chi connectivity index (χ2n) is 4.62.